The summed E-state index contributed by atoms with van der Waals surface area (Å²) in [6.07, 6.45) is 0.959. The highest BCUT2D eigenvalue weighted by Crippen LogP contribution is 2.30. The summed E-state index contributed by atoms with van der Waals surface area (Å²) in [6.45, 7) is 3.80. The third-order valence-corrected chi connectivity index (χ3v) is 5.10. The van der Waals surface area contributed by atoms with Crippen LogP contribution < -0.4 is 10.1 Å². The van der Waals surface area contributed by atoms with E-state index in [1.54, 1.807) is 4.68 Å². The van der Waals surface area contributed by atoms with Crippen molar-refractivity contribution in [3.05, 3.63) is 76.8 Å². The summed E-state index contributed by atoms with van der Waals surface area (Å²) >= 11 is 6.28. The molecule has 0 aliphatic rings. The first-order valence-electron chi connectivity index (χ1n) is 9.63. The van der Waals surface area contributed by atoms with Crippen LogP contribution in [-0.4, -0.2) is 20.2 Å². The predicted octanol–water partition coefficient (Wildman–Crippen LogP) is 5.08. The molecule has 6 nitrogen and oxygen atoms in total. The first-order valence-corrected chi connectivity index (χ1v) is 10.0. The highest BCUT2D eigenvalue weighted by atomic mass is 35.5. The van der Waals surface area contributed by atoms with E-state index >= 15 is 0 Å². The predicted molar refractivity (Wildman–Crippen MR) is 115 cm³/mol. The van der Waals surface area contributed by atoms with Crippen LogP contribution >= 0.6 is 11.6 Å². The molecule has 0 fully saturated rings. The van der Waals surface area contributed by atoms with Gasteiger partial charge in [0.1, 0.15) is 12.4 Å². The average Bonchev–Trinajstić information content (AvgIpc) is 3.19. The van der Waals surface area contributed by atoms with Gasteiger partial charge in [0.05, 0.1) is 0 Å². The second kappa shape index (κ2) is 8.92. The van der Waals surface area contributed by atoms with Crippen molar-refractivity contribution in [1.82, 2.24) is 20.2 Å². The summed E-state index contributed by atoms with van der Waals surface area (Å²) in [4.78, 5) is 0. The summed E-state index contributed by atoms with van der Waals surface area (Å²) in [6, 6.07) is 20.1. The molecule has 3 aromatic carbocycles. The number of aryl methyl sites for hydroxylation is 1. The van der Waals surface area contributed by atoms with Gasteiger partial charge < -0.3 is 10.1 Å². The van der Waals surface area contributed by atoms with Crippen molar-refractivity contribution in [1.29, 1.82) is 0 Å². The van der Waals surface area contributed by atoms with E-state index in [0.717, 1.165) is 40.6 Å². The van der Waals surface area contributed by atoms with Crippen molar-refractivity contribution >= 4 is 28.3 Å². The molecule has 29 heavy (non-hydrogen) atoms. The third kappa shape index (κ3) is 4.32. The van der Waals surface area contributed by atoms with Crippen molar-refractivity contribution in [3.63, 3.8) is 0 Å². The Morgan fingerprint density at radius 3 is 2.72 bits per heavy atom. The number of halogens is 1. The monoisotopic (exact) mass is 407 g/mol. The molecule has 0 atom stereocenters. The number of nitrogens with zero attached hydrogens (tertiary/aromatic N) is 4. The van der Waals surface area contributed by atoms with Crippen LogP contribution in [0.1, 0.15) is 24.5 Å². The van der Waals surface area contributed by atoms with Gasteiger partial charge in [0.2, 0.25) is 5.95 Å². The second-order valence-electron chi connectivity index (χ2n) is 6.72. The number of hydrogen-bond acceptors (Lipinski definition) is 5. The van der Waals surface area contributed by atoms with Crippen LogP contribution in [0.3, 0.4) is 0 Å². The van der Waals surface area contributed by atoms with Crippen LogP contribution in [0.5, 0.6) is 5.75 Å². The summed E-state index contributed by atoms with van der Waals surface area (Å²) in [5.74, 6) is 1.46. The zero-order valence-electron chi connectivity index (χ0n) is 16.2. The molecule has 1 heterocycles. The Kier molecular flexibility index (Phi) is 5.91. The number of ether oxygens (including phenoxy) is 1. The number of benzene rings is 3. The van der Waals surface area contributed by atoms with Crippen LogP contribution in [0.2, 0.25) is 5.02 Å². The van der Waals surface area contributed by atoms with Crippen LogP contribution in [0, 0.1) is 0 Å². The minimum Gasteiger partial charge on any atom is -0.488 e. The fourth-order valence-corrected chi connectivity index (χ4v) is 3.46. The van der Waals surface area contributed by atoms with Crippen LogP contribution in [0.25, 0.3) is 10.8 Å². The number of fused-ring (bicyclic) bond motifs is 1. The van der Waals surface area contributed by atoms with Crippen LogP contribution in [-0.2, 0) is 19.7 Å². The quantitative estimate of drug-likeness (QED) is 0.441. The second-order valence-corrected chi connectivity index (χ2v) is 7.13. The van der Waals surface area contributed by atoms with Gasteiger partial charge in [-0.25, -0.2) is 4.68 Å². The number of hydrogen-bond donors (Lipinski definition) is 1. The lowest BCUT2D eigenvalue weighted by Crippen LogP contribution is -2.10. The number of nitrogens with one attached hydrogen (secondary N) is 1. The molecule has 4 rings (SSSR count). The molecule has 0 amide bonds. The molecule has 0 aliphatic carbocycles. The van der Waals surface area contributed by atoms with Gasteiger partial charge in [-0.05, 0) is 39.8 Å². The molecule has 1 N–H and O–H groups in total. The number of rotatable bonds is 8. The molecule has 4 aromatic rings. The molecule has 0 saturated carbocycles. The molecule has 0 unspecified atom stereocenters. The molecule has 7 heteroatoms. The van der Waals surface area contributed by atoms with Gasteiger partial charge in [0.25, 0.3) is 0 Å². The smallest absolute Gasteiger partial charge is 0.243 e. The lowest BCUT2D eigenvalue weighted by atomic mass is 10.0. The molecule has 1 aromatic heterocycles. The first-order chi connectivity index (χ1) is 14.3. The van der Waals surface area contributed by atoms with E-state index in [1.165, 1.54) is 0 Å². The van der Waals surface area contributed by atoms with E-state index in [0.29, 0.717) is 24.1 Å². The van der Waals surface area contributed by atoms with E-state index in [9.17, 15) is 0 Å². The Morgan fingerprint density at radius 1 is 1.03 bits per heavy atom. The fraction of sp³-hybridized carbons (Fsp3) is 0.227. The number of anilines is 1. The fourth-order valence-electron chi connectivity index (χ4n) is 3.27. The van der Waals surface area contributed by atoms with E-state index in [1.807, 2.05) is 42.5 Å². The molecule has 0 radical (unpaired) electrons. The van der Waals surface area contributed by atoms with E-state index < -0.39 is 0 Å². The van der Waals surface area contributed by atoms with Gasteiger partial charge in [0, 0.05) is 29.2 Å². The van der Waals surface area contributed by atoms with Crippen molar-refractivity contribution < 1.29 is 4.74 Å². The highest BCUT2D eigenvalue weighted by Gasteiger charge is 2.12. The van der Waals surface area contributed by atoms with Gasteiger partial charge in [-0.3, -0.25) is 0 Å². The lowest BCUT2D eigenvalue weighted by Gasteiger charge is -2.16. The van der Waals surface area contributed by atoms with Crippen LogP contribution in [0.15, 0.2) is 60.7 Å². The topological polar surface area (TPSA) is 64.9 Å². The summed E-state index contributed by atoms with van der Waals surface area (Å²) < 4.78 is 7.95. The first kappa shape index (κ1) is 19.2. The van der Waals surface area contributed by atoms with Gasteiger partial charge in [-0.15, -0.1) is 0 Å². The van der Waals surface area contributed by atoms with Crippen molar-refractivity contribution in [2.24, 2.45) is 0 Å². The molecule has 0 saturated heterocycles. The van der Waals surface area contributed by atoms with Gasteiger partial charge in [-0.2, -0.15) is 0 Å². The van der Waals surface area contributed by atoms with Crippen molar-refractivity contribution in [3.8, 4) is 5.75 Å². The van der Waals surface area contributed by atoms with E-state index in [-0.39, 0.29) is 0 Å². The Balaban J connectivity index is 1.62. The molecular weight excluding hydrogens is 386 g/mol. The molecule has 148 valence electrons. The number of aromatic nitrogens is 4. The van der Waals surface area contributed by atoms with Gasteiger partial charge in [-0.1, -0.05) is 72.2 Å². The standard InChI is InChI=1S/C22H22ClN5O/c1-2-13-28-22(25-26-27-28)24-14-19-18-9-5-3-7-16(18)11-12-21(19)29-15-17-8-4-6-10-20(17)23/h3-12H,2,13-15H2,1H3,(H,24,25,27). The van der Waals surface area contributed by atoms with Crippen LogP contribution in [0.4, 0.5) is 5.95 Å². The zero-order chi connectivity index (χ0) is 20.1. The molecule has 0 spiro atoms. The normalized spacial score (nSPS) is 11.0. The molecule has 0 aliphatic heterocycles. The third-order valence-electron chi connectivity index (χ3n) is 4.73. The highest BCUT2D eigenvalue weighted by molar-refractivity contribution is 6.31. The molecule has 0 bridgehead atoms. The zero-order valence-corrected chi connectivity index (χ0v) is 16.9. The lowest BCUT2D eigenvalue weighted by molar-refractivity contribution is 0.304. The summed E-state index contributed by atoms with van der Waals surface area (Å²) in [7, 11) is 0. The Hall–Kier alpha value is -3.12. The van der Waals surface area contributed by atoms with Crippen molar-refractivity contribution in [2.45, 2.75) is 33.0 Å². The largest absolute Gasteiger partial charge is 0.488 e. The number of tetrazole rings is 1. The maximum absolute atomic E-state index is 6.28. The maximum atomic E-state index is 6.28. The van der Waals surface area contributed by atoms with E-state index in [4.69, 9.17) is 16.3 Å². The summed E-state index contributed by atoms with van der Waals surface area (Å²) in [5, 5.41) is 18.3. The Bertz CT molecular complexity index is 1110. The van der Waals surface area contributed by atoms with Gasteiger partial charge in [0.15, 0.2) is 0 Å². The van der Waals surface area contributed by atoms with Crippen molar-refractivity contribution in [2.75, 3.05) is 5.32 Å². The molecular formula is C22H22ClN5O. The van der Waals surface area contributed by atoms with E-state index in [2.05, 4.69) is 46.0 Å². The minimum atomic E-state index is 0.401. The average molecular weight is 408 g/mol. The Morgan fingerprint density at radius 2 is 1.86 bits per heavy atom. The Labute approximate surface area is 174 Å². The minimum absolute atomic E-state index is 0.401. The van der Waals surface area contributed by atoms with Gasteiger partial charge >= 0.3 is 0 Å². The SMILES string of the molecule is CCCn1nnnc1NCc1c(OCc2ccccc2Cl)ccc2ccccc12. The summed E-state index contributed by atoms with van der Waals surface area (Å²) in [5.41, 5.74) is 2.01. The maximum Gasteiger partial charge on any atom is 0.243 e.